The molecule has 0 spiro atoms. The molecule has 0 saturated carbocycles. The molecular formula is C16H14ClFN2O. The Hall–Kier alpha value is -2.07. The van der Waals surface area contributed by atoms with E-state index in [2.05, 4.69) is 0 Å². The summed E-state index contributed by atoms with van der Waals surface area (Å²) in [5.41, 5.74) is 9.78. The Kier molecular flexibility index (Phi) is 3.33. The van der Waals surface area contributed by atoms with Crippen molar-refractivity contribution in [3.05, 3.63) is 57.9 Å². The van der Waals surface area contributed by atoms with Gasteiger partial charge in [0.05, 0.1) is 10.6 Å². The van der Waals surface area contributed by atoms with Gasteiger partial charge in [0, 0.05) is 17.9 Å². The van der Waals surface area contributed by atoms with Crippen LogP contribution in [0.1, 0.15) is 21.5 Å². The highest BCUT2D eigenvalue weighted by molar-refractivity contribution is 6.34. The zero-order chi connectivity index (χ0) is 15.1. The number of amides is 1. The largest absolute Gasteiger partial charge is 0.398 e. The van der Waals surface area contributed by atoms with Gasteiger partial charge in [0.1, 0.15) is 5.82 Å². The molecule has 21 heavy (non-hydrogen) atoms. The minimum absolute atomic E-state index is 0.119. The van der Waals surface area contributed by atoms with Crippen LogP contribution in [-0.2, 0) is 6.42 Å². The van der Waals surface area contributed by atoms with Gasteiger partial charge < -0.3 is 10.6 Å². The standard InChI is InChI=1S/C16H14ClFN2O/c1-9-6-10-4-5-20(15(10)8-14(9)19)16(21)12-3-2-11(18)7-13(12)17/h2-3,6-8H,4-5,19H2,1H3. The van der Waals surface area contributed by atoms with Gasteiger partial charge in [-0.05, 0) is 48.7 Å². The van der Waals surface area contributed by atoms with Crippen LogP contribution in [0.4, 0.5) is 15.8 Å². The molecule has 5 heteroatoms. The van der Waals surface area contributed by atoms with E-state index in [0.29, 0.717) is 17.8 Å². The number of carbonyl (C=O) groups excluding carboxylic acids is 1. The number of aryl methyl sites for hydroxylation is 1. The van der Waals surface area contributed by atoms with E-state index in [9.17, 15) is 9.18 Å². The number of rotatable bonds is 1. The molecular weight excluding hydrogens is 291 g/mol. The van der Waals surface area contributed by atoms with Crippen LogP contribution in [-0.4, -0.2) is 12.5 Å². The maximum Gasteiger partial charge on any atom is 0.259 e. The van der Waals surface area contributed by atoms with Gasteiger partial charge >= 0.3 is 0 Å². The van der Waals surface area contributed by atoms with Crippen molar-refractivity contribution < 1.29 is 9.18 Å². The summed E-state index contributed by atoms with van der Waals surface area (Å²) < 4.78 is 13.1. The van der Waals surface area contributed by atoms with Gasteiger partial charge in [0.2, 0.25) is 0 Å². The Morgan fingerprint density at radius 2 is 2.10 bits per heavy atom. The monoisotopic (exact) mass is 304 g/mol. The Morgan fingerprint density at radius 3 is 2.81 bits per heavy atom. The van der Waals surface area contributed by atoms with Crippen molar-refractivity contribution in [3.63, 3.8) is 0 Å². The summed E-state index contributed by atoms with van der Waals surface area (Å²) in [4.78, 5) is 14.3. The fourth-order valence-electron chi connectivity index (χ4n) is 2.60. The van der Waals surface area contributed by atoms with Crippen LogP contribution in [0, 0.1) is 12.7 Å². The molecule has 0 atom stereocenters. The van der Waals surface area contributed by atoms with E-state index in [0.717, 1.165) is 29.3 Å². The summed E-state index contributed by atoms with van der Waals surface area (Å²) in [5, 5.41) is 0.119. The predicted octanol–water partition coefficient (Wildman–Crippen LogP) is 3.57. The lowest BCUT2D eigenvalue weighted by Gasteiger charge is -2.19. The molecule has 0 saturated heterocycles. The lowest BCUT2D eigenvalue weighted by Crippen LogP contribution is -2.29. The van der Waals surface area contributed by atoms with Crippen molar-refractivity contribution in [2.24, 2.45) is 0 Å². The molecule has 0 aliphatic carbocycles. The number of benzene rings is 2. The number of halogens is 2. The fraction of sp³-hybridized carbons (Fsp3) is 0.188. The highest BCUT2D eigenvalue weighted by Gasteiger charge is 2.27. The van der Waals surface area contributed by atoms with E-state index in [4.69, 9.17) is 17.3 Å². The van der Waals surface area contributed by atoms with E-state index in [1.165, 1.54) is 12.1 Å². The third-order valence-corrected chi connectivity index (χ3v) is 4.08. The molecule has 1 aliphatic heterocycles. The van der Waals surface area contributed by atoms with E-state index in [1.807, 2.05) is 19.1 Å². The first kappa shape index (κ1) is 13.9. The second kappa shape index (κ2) is 5.04. The average Bonchev–Trinajstić information content (AvgIpc) is 2.81. The molecule has 3 nitrogen and oxygen atoms in total. The molecule has 2 aromatic rings. The maximum atomic E-state index is 13.1. The SMILES string of the molecule is Cc1cc2c(cc1N)N(C(=O)c1ccc(F)cc1Cl)CC2. The van der Waals surface area contributed by atoms with Crippen molar-refractivity contribution in [1.82, 2.24) is 0 Å². The second-order valence-electron chi connectivity index (χ2n) is 5.17. The summed E-state index contributed by atoms with van der Waals surface area (Å²) in [6, 6.07) is 7.61. The average molecular weight is 305 g/mol. The Labute approximate surface area is 127 Å². The molecule has 2 aromatic carbocycles. The zero-order valence-electron chi connectivity index (χ0n) is 11.5. The van der Waals surface area contributed by atoms with Gasteiger partial charge in [-0.1, -0.05) is 17.7 Å². The summed E-state index contributed by atoms with van der Waals surface area (Å²) in [7, 11) is 0. The number of nitrogens with two attached hydrogens (primary N) is 1. The number of nitrogen functional groups attached to an aromatic ring is 1. The molecule has 108 valence electrons. The van der Waals surface area contributed by atoms with Crippen LogP contribution in [0.2, 0.25) is 5.02 Å². The van der Waals surface area contributed by atoms with Crippen molar-refractivity contribution in [3.8, 4) is 0 Å². The third kappa shape index (κ3) is 2.36. The summed E-state index contributed by atoms with van der Waals surface area (Å²) in [6.07, 6.45) is 0.779. The highest BCUT2D eigenvalue weighted by Crippen LogP contribution is 2.34. The summed E-state index contributed by atoms with van der Waals surface area (Å²) >= 11 is 5.97. The van der Waals surface area contributed by atoms with Crippen LogP contribution < -0.4 is 10.6 Å². The molecule has 0 radical (unpaired) electrons. The Morgan fingerprint density at radius 1 is 1.33 bits per heavy atom. The van der Waals surface area contributed by atoms with Crippen molar-refractivity contribution in [2.45, 2.75) is 13.3 Å². The van der Waals surface area contributed by atoms with Gasteiger partial charge in [-0.25, -0.2) is 4.39 Å². The number of carbonyl (C=O) groups is 1. The van der Waals surface area contributed by atoms with Gasteiger partial charge in [-0.15, -0.1) is 0 Å². The van der Waals surface area contributed by atoms with Crippen LogP contribution in [0.3, 0.4) is 0 Å². The molecule has 3 rings (SSSR count). The number of fused-ring (bicyclic) bond motifs is 1. The third-order valence-electron chi connectivity index (χ3n) is 3.77. The minimum Gasteiger partial charge on any atom is -0.398 e. The molecule has 1 amide bonds. The van der Waals surface area contributed by atoms with Gasteiger partial charge in [0.15, 0.2) is 0 Å². The van der Waals surface area contributed by atoms with E-state index < -0.39 is 5.82 Å². The van der Waals surface area contributed by atoms with Crippen LogP contribution in [0.5, 0.6) is 0 Å². The molecule has 1 heterocycles. The Bertz CT molecular complexity index is 745. The van der Waals surface area contributed by atoms with Gasteiger partial charge in [-0.3, -0.25) is 4.79 Å². The second-order valence-corrected chi connectivity index (χ2v) is 5.58. The zero-order valence-corrected chi connectivity index (χ0v) is 12.2. The molecule has 0 aromatic heterocycles. The van der Waals surface area contributed by atoms with Crippen molar-refractivity contribution in [2.75, 3.05) is 17.2 Å². The lowest BCUT2D eigenvalue weighted by atomic mass is 10.1. The summed E-state index contributed by atoms with van der Waals surface area (Å²) in [6.45, 7) is 2.52. The van der Waals surface area contributed by atoms with Gasteiger partial charge in [-0.2, -0.15) is 0 Å². The quantitative estimate of drug-likeness (QED) is 0.819. The van der Waals surface area contributed by atoms with Crippen LogP contribution >= 0.6 is 11.6 Å². The van der Waals surface area contributed by atoms with Crippen molar-refractivity contribution in [1.29, 1.82) is 0 Å². The fourth-order valence-corrected chi connectivity index (χ4v) is 2.84. The minimum atomic E-state index is -0.460. The molecule has 2 N–H and O–H groups in total. The summed E-state index contributed by atoms with van der Waals surface area (Å²) in [5.74, 6) is -0.694. The molecule has 0 unspecified atom stereocenters. The number of anilines is 2. The number of hydrogen-bond donors (Lipinski definition) is 1. The molecule has 1 aliphatic rings. The van der Waals surface area contributed by atoms with Crippen LogP contribution in [0.25, 0.3) is 0 Å². The van der Waals surface area contributed by atoms with Gasteiger partial charge in [0.25, 0.3) is 5.91 Å². The lowest BCUT2D eigenvalue weighted by molar-refractivity contribution is 0.0989. The van der Waals surface area contributed by atoms with E-state index in [-0.39, 0.29) is 10.9 Å². The van der Waals surface area contributed by atoms with E-state index >= 15 is 0 Å². The smallest absolute Gasteiger partial charge is 0.259 e. The maximum absolute atomic E-state index is 13.1. The first-order valence-corrected chi connectivity index (χ1v) is 7.01. The topological polar surface area (TPSA) is 46.3 Å². The van der Waals surface area contributed by atoms with E-state index in [1.54, 1.807) is 4.90 Å². The van der Waals surface area contributed by atoms with Crippen LogP contribution in [0.15, 0.2) is 30.3 Å². The number of nitrogens with zero attached hydrogens (tertiary/aromatic N) is 1. The molecule has 0 bridgehead atoms. The Balaban J connectivity index is 2.00. The first-order chi connectivity index (χ1) is 9.97. The number of hydrogen-bond acceptors (Lipinski definition) is 2. The van der Waals surface area contributed by atoms with Crippen molar-refractivity contribution >= 4 is 28.9 Å². The highest BCUT2D eigenvalue weighted by atomic mass is 35.5. The normalized spacial score (nSPS) is 13.4. The molecule has 0 fully saturated rings. The predicted molar refractivity (Wildman–Crippen MR) is 82.4 cm³/mol. The first-order valence-electron chi connectivity index (χ1n) is 6.63.